The van der Waals surface area contributed by atoms with E-state index in [1.54, 1.807) is 21.7 Å². The molecule has 0 saturated carbocycles. The van der Waals surface area contributed by atoms with Gasteiger partial charge >= 0.3 is 0 Å². The molecule has 0 bridgehead atoms. The lowest BCUT2D eigenvalue weighted by Crippen LogP contribution is -2.41. The van der Waals surface area contributed by atoms with Crippen molar-refractivity contribution >= 4 is 5.91 Å². The van der Waals surface area contributed by atoms with Gasteiger partial charge in [-0.3, -0.25) is 4.79 Å². The summed E-state index contributed by atoms with van der Waals surface area (Å²) in [5, 5.41) is 4.68. The molecular formula is C22H22FN3O2. The number of nitrogens with zero attached hydrogens (tertiary/aromatic N) is 3. The number of carbonyl (C=O) groups is 1. The maximum atomic E-state index is 13.4. The average molecular weight is 379 g/mol. The highest BCUT2D eigenvalue weighted by atomic mass is 19.1. The van der Waals surface area contributed by atoms with Crippen LogP contribution in [0.15, 0.2) is 48.5 Å². The van der Waals surface area contributed by atoms with E-state index in [0.29, 0.717) is 43.4 Å². The minimum atomic E-state index is -0.327. The van der Waals surface area contributed by atoms with Crippen LogP contribution >= 0.6 is 0 Å². The second-order valence-corrected chi connectivity index (χ2v) is 7.01. The largest absolute Gasteiger partial charge is 0.378 e. The van der Waals surface area contributed by atoms with E-state index in [1.807, 2.05) is 18.2 Å². The van der Waals surface area contributed by atoms with Crippen LogP contribution in [-0.2, 0) is 4.74 Å². The lowest BCUT2D eigenvalue weighted by molar-refractivity contribution is 0.0297. The monoisotopic (exact) mass is 379 g/mol. The van der Waals surface area contributed by atoms with Gasteiger partial charge in [-0.25, -0.2) is 9.07 Å². The first kappa shape index (κ1) is 18.4. The summed E-state index contributed by atoms with van der Waals surface area (Å²) in [6.45, 7) is 6.26. The van der Waals surface area contributed by atoms with Crippen molar-refractivity contribution in [3.63, 3.8) is 0 Å². The van der Waals surface area contributed by atoms with E-state index < -0.39 is 0 Å². The molecule has 0 N–H and O–H groups in total. The van der Waals surface area contributed by atoms with Crippen LogP contribution in [0.25, 0.3) is 16.9 Å². The molecule has 2 heterocycles. The van der Waals surface area contributed by atoms with Crippen molar-refractivity contribution in [2.45, 2.75) is 13.8 Å². The fourth-order valence-electron chi connectivity index (χ4n) is 3.28. The van der Waals surface area contributed by atoms with Crippen molar-refractivity contribution in [2.24, 2.45) is 0 Å². The second kappa shape index (κ2) is 7.56. The van der Waals surface area contributed by atoms with E-state index in [4.69, 9.17) is 4.74 Å². The van der Waals surface area contributed by atoms with E-state index in [0.717, 1.165) is 11.1 Å². The molecule has 5 nitrogen and oxygen atoms in total. The number of ether oxygens (including phenoxy) is 1. The summed E-state index contributed by atoms with van der Waals surface area (Å²) in [6.07, 6.45) is 0. The standard InChI is InChI=1S/C22H22FN3O2/c1-15-3-4-17(13-16(15)2)20-14-21(22(27)25-9-11-28-12-10-25)26(24-20)19-7-5-18(23)6-8-19/h3-8,13-14H,9-12H2,1-2H3. The van der Waals surface area contributed by atoms with Gasteiger partial charge in [-0.15, -0.1) is 0 Å². The highest BCUT2D eigenvalue weighted by molar-refractivity contribution is 5.94. The predicted octanol–water partition coefficient (Wildman–Crippen LogP) is 3.77. The second-order valence-electron chi connectivity index (χ2n) is 7.01. The Hall–Kier alpha value is -2.99. The number of morpholine rings is 1. The Bertz CT molecular complexity index is 1010. The SMILES string of the molecule is Cc1ccc(-c2cc(C(=O)N3CCOCC3)n(-c3ccc(F)cc3)n2)cc1C. The molecule has 0 unspecified atom stereocenters. The molecule has 3 aromatic rings. The van der Waals surface area contributed by atoms with Crippen LogP contribution in [0.5, 0.6) is 0 Å². The highest BCUT2D eigenvalue weighted by Crippen LogP contribution is 2.25. The summed E-state index contributed by atoms with van der Waals surface area (Å²) in [7, 11) is 0. The molecular weight excluding hydrogens is 357 g/mol. The van der Waals surface area contributed by atoms with Crippen molar-refractivity contribution in [1.29, 1.82) is 0 Å². The topological polar surface area (TPSA) is 47.4 Å². The predicted molar refractivity (Wildman–Crippen MR) is 105 cm³/mol. The van der Waals surface area contributed by atoms with Crippen LogP contribution in [0, 0.1) is 19.7 Å². The Labute approximate surface area is 163 Å². The van der Waals surface area contributed by atoms with Gasteiger partial charge in [0, 0.05) is 18.7 Å². The Morgan fingerprint density at radius 1 is 1.00 bits per heavy atom. The molecule has 0 radical (unpaired) electrons. The summed E-state index contributed by atoms with van der Waals surface area (Å²) in [6, 6.07) is 13.9. The zero-order chi connectivity index (χ0) is 19.7. The zero-order valence-electron chi connectivity index (χ0n) is 16.0. The number of rotatable bonds is 3. The minimum absolute atomic E-state index is 0.102. The van der Waals surface area contributed by atoms with Crippen molar-refractivity contribution in [3.05, 3.63) is 71.2 Å². The van der Waals surface area contributed by atoms with Crippen LogP contribution in [0.4, 0.5) is 4.39 Å². The maximum absolute atomic E-state index is 13.4. The fraction of sp³-hybridized carbons (Fsp3) is 0.273. The summed E-state index contributed by atoms with van der Waals surface area (Å²) >= 11 is 0. The van der Waals surface area contributed by atoms with E-state index in [2.05, 4.69) is 25.0 Å². The molecule has 28 heavy (non-hydrogen) atoms. The lowest BCUT2D eigenvalue weighted by atomic mass is 10.0. The molecule has 1 aliphatic rings. The number of hydrogen-bond donors (Lipinski definition) is 0. The quantitative estimate of drug-likeness (QED) is 0.696. The van der Waals surface area contributed by atoms with Crippen LogP contribution in [0.2, 0.25) is 0 Å². The smallest absolute Gasteiger partial charge is 0.272 e. The average Bonchev–Trinajstić information content (AvgIpc) is 3.16. The van der Waals surface area contributed by atoms with Gasteiger partial charge in [0.15, 0.2) is 0 Å². The Kier molecular flexibility index (Phi) is 4.96. The van der Waals surface area contributed by atoms with Gasteiger partial charge in [0.05, 0.1) is 24.6 Å². The molecule has 144 valence electrons. The van der Waals surface area contributed by atoms with Gasteiger partial charge in [-0.1, -0.05) is 12.1 Å². The number of benzene rings is 2. The summed E-state index contributed by atoms with van der Waals surface area (Å²) < 4.78 is 20.3. The Balaban J connectivity index is 1.80. The third-order valence-corrected chi connectivity index (χ3v) is 5.10. The van der Waals surface area contributed by atoms with Gasteiger partial charge in [-0.05, 0) is 61.4 Å². The molecule has 4 rings (SSSR count). The number of aryl methyl sites for hydroxylation is 2. The molecule has 1 amide bonds. The summed E-state index contributed by atoms with van der Waals surface area (Å²) in [5.41, 5.74) is 5.13. The first-order valence-electron chi connectivity index (χ1n) is 9.33. The molecule has 0 aliphatic carbocycles. The first-order chi connectivity index (χ1) is 13.5. The number of halogens is 1. The van der Waals surface area contributed by atoms with E-state index in [-0.39, 0.29) is 11.7 Å². The zero-order valence-corrected chi connectivity index (χ0v) is 16.0. The number of aromatic nitrogens is 2. The van der Waals surface area contributed by atoms with Crippen molar-refractivity contribution in [2.75, 3.05) is 26.3 Å². The molecule has 1 fully saturated rings. The van der Waals surface area contributed by atoms with Gasteiger partial charge in [0.1, 0.15) is 11.5 Å². The van der Waals surface area contributed by atoms with Crippen molar-refractivity contribution < 1.29 is 13.9 Å². The van der Waals surface area contributed by atoms with Crippen LogP contribution in [0.1, 0.15) is 21.6 Å². The first-order valence-corrected chi connectivity index (χ1v) is 9.33. The summed E-state index contributed by atoms with van der Waals surface area (Å²) in [5.74, 6) is -0.429. The minimum Gasteiger partial charge on any atom is -0.378 e. The number of hydrogen-bond acceptors (Lipinski definition) is 3. The molecule has 0 spiro atoms. The molecule has 6 heteroatoms. The summed E-state index contributed by atoms with van der Waals surface area (Å²) in [4.78, 5) is 14.9. The normalized spacial score (nSPS) is 14.3. The highest BCUT2D eigenvalue weighted by Gasteiger charge is 2.24. The van der Waals surface area contributed by atoms with Crippen molar-refractivity contribution in [3.8, 4) is 16.9 Å². The third-order valence-electron chi connectivity index (χ3n) is 5.10. The molecule has 1 saturated heterocycles. The Morgan fingerprint density at radius 2 is 1.71 bits per heavy atom. The van der Waals surface area contributed by atoms with Crippen molar-refractivity contribution in [1.82, 2.24) is 14.7 Å². The van der Waals surface area contributed by atoms with E-state index >= 15 is 0 Å². The van der Waals surface area contributed by atoms with E-state index in [1.165, 1.54) is 17.7 Å². The molecule has 1 aromatic heterocycles. The van der Waals surface area contributed by atoms with Gasteiger partial charge in [0.2, 0.25) is 0 Å². The van der Waals surface area contributed by atoms with E-state index in [9.17, 15) is 9.18 Å². The number of carbonyl (C=O) groups excluding carboxylic acids is 1. The third kappa shape index (κ3) is 3.55. The number of amides is 1. The van der Waals surface area contributed by atoms with Gasteiger partial charge in [-0.2, -0.15) is 5.10 Å². The lowest BCUT2D eigenvalue weighted by Gasteiger charge is -2.26. The molecule has 0 atom stereocenters. The van der Waals surface area contributed by atoms with Crippen LogP contribution in [-0.4, -0.2) is 46.9 Å². The molecule has 2 aromatic carbocycles. The molecule has 1 aliphatic heterocycles. The fourth-order valence-corrected chi connectivity index (χ4v) is 3.28. The van der Waals surface area contributed by atoms with Gasteiger partial charge in [0.25, 0.3) is 5.91 Å². The Morgan fingerprint density at radius 3 is 2.39 bits per heavy atom. The maximum Gasteiger partial charge on any atom is 0.272 e. The van der Waals surface area contributed by atoms with Crippen LogP contribution in [0.3, 0.4) is 0 Å². The van der Waals surface area contributed by atoms with Gasteiger partial charge < -0.3 is 9.64 Å². The van der Waals surface area contributed by atoms with Crippen LogP contribution < -0.4 is 0 Å².